The minimum Gasteiger partial charge on any atom is -0.308 e. The maximum Gasteiger partial charge on any atom is 0.188 e. The minimum absolute atomic E-state index is 0.193. The lowest BCUT2D eigenvalue weighted by Crippen LogP contribution is -2.31. The van der Waals surface area contributed by atoms with Crippen molar-refractivity contribution in [3.63, 3.8) is 0 Å². The summed E-state index contributed by atoms with van der Waals surface area (Å²) in [4.78, 5) is 15.1. The average Bonchev–Trinajstić information content (AvgIpc) is 3.03. The summed E-state index contributed by atoms with van der Waals surface area (Å²) >= 11 is 6.23. The monoisotopic (exact) mass is 297 g/mol. The maximum atomic E-state index is 13.0. The summed E-state index contributed by atoms with van der Waals surface area (Å²) in [6.07, 6.45) is 6.74. The molecule has 112 valence electrons. The number of carbonyl (C=O) groups is 1. The van der Waals surface area contributed by atoms with Gasteiger partial charge in [-0.25, -0.2) is 0 Å². The predicted octanol–water partition coefficient (Wildman–Crippen LogP) is 3.25. The van der Waals surface area contributed by atoms with Crippen LogP contribution in [0, 0.1) is 5.41 Å². The predicted molar refractivity (Wildman–Crippen MR) is 81.3 cm³/mol. The Kier molecular flexibility index (Phi) is 4.86. The van der Waals surface area contributed by atoms with Crippen LogP contribution >= 0.6 is 11.6 Å². The fraction of sp³-hybridized carbons (Fsp3) is 0.733. The van der Waals surface area contributed by atoms with Gasteiger partial charge < -0.3 is 4.90 Å². The highest BCUT2D eigenvalue weighted by molar-refractivity contribution is 6.33. The number of aromatic nitrogens is 2. The second-order valence-electron chi connectivity index (χ2n) is 6.04. The van der Waals surface area contributed by atoms with E-state index in [9.17, 15) is 4.79 Å². The summed E-state index contributed by atoms with van der Waals surface area (Å²) in [7, 11) is 4.02. The van der Waals surface area contributed by atoms with Crippen molar-refractivity contribution in [1.29, 1.82) is 0 Å². The van der Waals surface area contributed by atoms with Gasteiger partial charge >= 0.3 is 0 Å². The Labute approximate surface area is 126 Å². The van der Waals surface area contributed by atoms with E-state index in [0.29, 0.717) is 17.3 Å². The lowest BCUT2D eigenvalue weighted by atomic mass is 9.78. The van der Waals surface area contributed by atoms with Crippen molar-refractivity contribution < 1.29 is 4.79 Å². The van der Waals surface area contributed by atoms with Crippen LogP contribution in [0.2, 0.25) is 5.02 Å². The lowest BCUT2D eigenvalue weighted by Gasteiger charge is -2.26. The maximum absolute atomic E-state index is 13.0. The van der Waals surface area contributed by atoms with Crippen molar-refractivity contribution >= 4 is 17.4 Å². The molecule has 1 aromatic rings. The number of carbonyl (C=O) groups excluding carboxylic acids is 1. The highest BCUT2D eigenvalue weighted by Crippen LogP contribution is 2.44. The molecule has 0 unspecified atom stereocenters. The Morgan fingerprint density at radius 3 is 2.65 bits per heavy atom. The molecule has 1 aliphatic rings. The molecule has 0 N–H and O–H groups in total. The zero-order valence-electron chi connectivity index (χ0n) is 12.7. The van der Waals surface area contributed by atoms with Gasteiger partial charge in [-0.05, 0) is 33.4 Å². The zero-order valence-corrected chi connectivity index (χ0v) is 13.4. The van der Waals surface area contributed by atoms with Crippen LogP contribution in [0.5, 0.6) is 0 Å². The molecule has 0 saturated heterocycles. The molecule has 0 radical (unpaired) electrons. The van der Waals surface area contributed by atoms with E-state index in [4.69, 9.17) is 11.6 Å². The number of hydrogen-bond donors (Lipinski definition) is 0. The van der Waals surface area contributed by atoms with Gasteiger partial charge in [-0.15, -0.1) is 0 Å². The third-order valence-electron chi connectivity index (χ3n) is 4.49. The van der Waals surface area contributed by atoms with Crippen LogP contribution in [-0.2, 0) is 6.54 Å². The van der Waals surface area contributed by atoms with Gasteiger partial charge in [0.05, 0.1) is 17.8 Å². The summed E-state index contributed by atoms with van der Waals surface area (Å²) < 4.78 is 1.78. The van der Waals surface area contributed by atoms with Crippen LogP contribution < -0.4 is 0 Å². The highest BCUT2D eigenvalue weighted by atomic mass is 35.5. The molecule has 1 aromatic heterocycles. The van der Waals surface area contributed by atoms with Gasteiger partial charge in [0.15, 0.2) is 5.78 Å². The van der Waals surface area contributed by atoms with Gasteiger partial charge in [0.1, 0.15) is 5.69 Å². The Balaban J connectivity index is 2.27. The van der Waals surface area contributed by atoms with E-state index in [-0.39, 0.29) is 11.2 Å². The molecule has 4 nitrogen and oxygen atoms in total. The topological polar surface area (TPSA) is 38.1 Å². The van der Waals surface area contributed by atoms with E-state index >= 15 is 0 Å². The Morgan fingerprint density at radius 2 is 2.10 bits per heavy atom. The van der Waals surface area contributed by atoms with E-state index in [1.54, 1.807) is 10.9 Å². The Bertz CT molecular complexity index is 475. The van der Waals surface area contributed by atoms with Crippen LogP contribution in [0.4, 0.5) is 0 Å². The molecule has 0 amide bonds. The lowest BCUT2D eigenvalue weighted by molar-refractivity contribution is 0.0778. The number of ketones is 1. The van der Waals surface area contributed by atoms with Crippen molar-refractivity contribution in [2.24, 2.45) is 5.41 Å². The van der Waals surface area contributed by atoms with Gasteiger partial charge in [0.2, 0.25) is 0 Å². The fourth-order valence-corrected chi connectivity index (χ4v) is 3.32. The number of nitrogens with zero attached hydrogens (tertiary/aromatic N) is 3. The molecule has 0 atom stereocenters. The van der Waals surface area contributed by atoms with Gasteiger partial charge in [0, 0.05) is 12.0 Å². The molecule has 1 heterocycles. The summed E-state index contributed by atoms with van der Waals surface area (Å²) in [5.74, 6) is 0.193. The van der Waals surface area contributed by atoms with E-state index < -0.39 is 0 Å². The molecule has 0 bridgehead atoms. The smallest absolute Gasteiger partial charge is 0.188 e. The zero-order chi connectivity index (χ0) is 14.8. The van der Waals surface area contributed by atoms with Crippen molar-refractivity contribution in [3.8, 4) is 0 Å². The number of hydrogen-bond acceptors (Lipinski definition) is 3. The van der Waals surface area contributed by atoms with E-state index in [1.807, 2.05) is 14.1 Å². The first-order valence-corrected chi connectivity index (χ1v) is 7.79. The van der Waals surface area contributed by atoms with Crippen molar-refractivity contribution in [2.45, 2.75) is 45.6 Å². The van der Waals surface area contributed by atoms with Gasteiger partial charge in [0.25, 0.3) is 0 Å². The molecule has 1 fully saturated rings. The van der Waals surface area contributed by atoms with Crippen molar-refractivity contribution in [2.75, 3.05) is 20.6 Å². The van der Waals surface area contributed by atoms with E-state index in [1.165, 1.54) is 0 Å². The summed E-state index contributed by atoms with van der Waals surface area (Å²) in [6, 6.07) is 0. The third kappa shape index (κ3) is 2.91. The molecule has 2 rings (SSSR count). The largest absolute Gasteiger partial charge is 0.308 e. The molecular weight excluding hydrogens is 274 g/mol. The molecule has 0 spiro atoms. The first-order chi connectivity index (χ1) is 9.50. The number of Topliss-reactive ketones (excluding diaryl/α,β-unsaturated/α-hetero) is 1. The highest BCUT2D eigenvalue weighted by Gasteiger charge is 2.41. The van der Waals surface area contributed by atoms with Gasteiger partial charge in [-0.1, -0.05) is 31.4 Å². The van der Waals surface area contributed by atoms with E-state index in [2.05, 4.69) is 16.9 Å². The third-order valence-corrected chi connectivity index (χ3v) is 4.76. The second-order valence-corrected chi connectivity index (χ2v) is 6.44. The average molecular weight is 298 g/mol. The molecular formula is C15H24ClN3O. The van der Waals surface area contributed by atoms with Crippen LogP contribution in [0.25, 0.3) is 0 Å². The first-order valence-electron chi connectivity index (χ1n) is 7.41. The van der Waals surface area contributed by atoms with E-state index in [0.717, 1.165) is 38.6 Å². The minimum atomic E-state index is -0.209. The first kappa shape index (κ1) is 15.5. The fourth-order valence-electron chi connectivity index (χ4n) is 3.10. The molecule has 0 aliphatic heterocycles. The summed E-state index contributed by atoms with van der Waals surface area (Å²) in [6.45, 7) is 3.65. The Morgan fingerprint density at radius 1 is 1.45 bits per heavy atom. The standard InChI is InChI=1S/C15H24ClN3O/c1-4-15(7-5-6-8-15)14(20)13-12(16)11-17-19(13)10-9-18(2)3/h11H,4-10H2,1-3H3. The normalized spacial score (nSPS) is 17.9. The molecule has 1 aliphatic carbocycles. The quantitative estimate of drug-likeness (QED) is 0.757. The van der Waals surface area contributed by atoms with Crippen LogP contribution in [0.3, 0.4) is 0 Å². The molecule has 5 heteroatoms. The summed E-state index contributed by atoms with van der Waals surface area (Å²) in [5.41, 5.74) is 0.400. The van der Waals surface area contributed by atoms with Gasteiger partial charge in [-0.3, -0.25) is 9.48 Å². The van der Waals surface area contributed by atoms with Crippen molar-refractivity contribution in [1.82, 2.24) is 14.7 Å². The SMILES string of the molecule is CCC1(C(=O)c2c(Cl)cnn2CCN(C)C)CCCC1. The molecule has 20 heavy (non-hydrogen) atoms. The molecule has 0 aromatic carbocycles. The number of rotatable bonds is 6. The summed E-state index contributed by atoms with van der Waals surface area (Å²) in [5, 5.41) is 4.78. The van der Waals surface area contributed by atoms with Crippen LogP contribution in [0.1, 0.15) is 49.5 Å². The van der Waals surface area contributed by atoms with Gasteiger partial charge in [-0.2, -0.15) is 5.10 Å². The number of halogens is 1. The Hall–Kier alpha value is -0.870. The van der Waals surface area contributed by atoms with Crippen molar-refractivity contribution in [3.05, 3.63) is 16.9 Å². The molecule has 1 saturated carbocycles. The van der Waals surface area contributed by atoms with Crippen LogP contribution in [-0.4, -0.2) is 41.1 Å². The second kappa shape index (κ2) is 6.27. The number of likely N-dealkylation sites (N-methyl/N-ethyl adjacent to an activating group) is 1. The van der Waals surface area contributed by atoms with Crippen LogP contribution in [0.15, 0.2) is 6.20 Å².